The molecule has 0 saturated carbocycles. The summed E-state index contributed by atoms with van der Waals surface area (Å²) in [5, 5.41) is 0. The second kappa shape index (κ2) is 4.71. The summed E-state index contributed by atoms with van der Waals surface area (Å²) in [5.74, 6) is 0.530. The van der Waals surface area contributed by atoms with Crippen LogP contribution < -0.4 is 0 Å². The molecule has 0 radical (unpaired) electrons. The number of sulfone groups is 1. The Balaban J connectivity index is 1.83. The van der Waals surface area contributed by atoms with Crippen LogP contribution in [0.25, 0.3) is 0 Å². The van der Waals surface area contributed by atoms with Gasteiger partial charge in [-0.15, -0.1) is 0 Å². The molecule has 0 aliphatic carbocycles. The predicted molar refractivity (Wildman–Crippen MR) is 58.8 cm³/mol. The van der Waals surface area contributed by atoms with Crippen LogP contribution in [0.15, 0.2) is 0 Å². The van der Waals surface area contributed by atoms with E-state index in [2.05, 4.69) is 0 Å². The molecule has 2 saturated heterocycles. The molecule has 2 aliphatic rings. The van der Waals surface area contributed by atoms with E-state index in [1.54, 1.807) is 4.90 Å². The molecule has 1 atom stereocenters. The van der Waals surface area contributed by atoms with Gasteiger partial charge in [0.2, 0.25) is 5.91 Å². The Hall–Kier alpha value is -0.620. The van der Waals surface area contributed by atoms with E-state index in [1.807, 2.05) is 0 Å². The Morgan fingerprint density at radius 3 is 2.56 bits per heavy atom. The van der Waals surface area contributed by atoms with Crippen molar-refractivity contribution >= 4 is 15.7 Å². The fraction of sp³-hybridized carbons (Fsp3) is 0.900. The van der Waals surface area contributed by atoms with E-state index in [1.165, 1.54) is 0 Å². The minimum Gasteiger partial charge on any atom is -0.378 e. The second-order valence-electron chi connectivity index (χ2n) is 4.47. The number of hydrogen-bond donors (Lipinski definition) is 0. The molecule has 0 spiro atoms. The number of carbonyl (C=O) groups is 1. The first-order valence-corrected chi connectivity index (χ1v) is 7.45. The molecule has 0 aromatic heterocycles. The largest absolute Gasteiger partial charge is 0.378 e. The first kappa shape index (κ1) is 11.9. The minimum atomic E-state index is -2.87. The number of amides is 1. The maximum absolute atomic E-state index is 11.8. The first-order valence-electron chi connectivity index (χ1n) is 5.63. The Bertz CT molecular complexity index is 359. The first-order chi connectivity index (χ1) is 7.57. The van der Waals surface area contributed by atoms with E-state index >= 15 is 0 Å². The normalized spacial score (nSPS) is 29.2. The van der Waals surface area contributed by atoms with Gasteiger partial charge in [0.05, 0.1) is 24.7 Å². The Morgan fingerprint density at radius 2 is 2.00 bits per heavy atom. The molecular weight excluding hydrogens is 230 g/mol. The number of ether oxygens (including phenoxy) is 1. The maximum Gasteiger partial charge on any atom is 0.223 e. The standard InChI is InChI=1S/C10H17NO4S/c12-10(11-2-4-15-5-3-11)7-9-1-6-16(13,14)8-9/h9H,1-8H2/t9-/m1/s1. The molecule has 6 heteroatoms. The summed E-state index contributed by atoms with van der Waals surface area (Å²) in [7, 11) is -2.87. The number of morpholine rings is 1. The van der Waals surface area contributed by atoms with Crippen molar-refractivity contribution in [1.82, 2.24) is 4.90 Å². The van der Waals surface area contributed by atoms with Crippen LogP contribution in [-0.2, 0) is 19.4 Å². The van der Waals surface area contributed by atoms with Crippen molar-refractivity contribution in [2.24, 2.45) is 5.92 Å². The van der Waals surface area contributed by atoms with Gasteiger partial charge in [-0.2, -0.15) is 0 Å². The van der Waals surface area contributed by atoms with Crippen molar-refractivity contribution in [2.75, 3.05) is 37.8 Å². The average molecular weight is 247 g/mol. The molecule has 0 unspecified atom stereocenters. The summed E-state index contributed by atoms with van der Waals surface area (Å²) in [6.07, 6.45) is 1.01. The molecular formula is C10H17NO4S. The molecule has 1 amide bonds. The van der Waals surface area contributed by atoms with E-state index in [0.29, 0.717) is 39.1 Å². The van der Waals surface area contributed by atoms with E-state index in [9.17, 15) is 13.2 Å². The van der Waals surface area contributed by atoms with Crippen LogP contribution in [-0.4, -0.2) is 57.0 Å². The molecule has 2 fully saturated rings. The van der Waals surface area contributed by atoms with Crippen molar-refractivity contribution in [3.05, 3.63) is 0 Å². The Labute approximate surface area is 95.7 Å². The third-order valence-electron chi connectivity index (χ3n) is 3.15. The van der Waals surface area contributed by atoms with E-state index in [4.69, 9.17) is 4.74 Å². The third kappa shape index (κ3) is 2.95. The number of rotatable bonds is 2. The van der Waals surface area contributed by atoms with Crippen molar-refractivity contribution in [3.8, 4) is 0 Å². The predicted octanol–water partition coefficient (Wildman–Crippen LogP) is -0.330. The molecule has 2 rings (SSSR count). The minimum absolute atomic E-state index is 0.0281. The topological polar surface area (TPSA) is 63.7 Å². The summed E-state index contributed by atoms with van der Waals surface area (Å²) in [6.45, 7) is 2.46. The summed E-state index contributed by atoms with van der Waals surface area (Å²) in [6, 6.07) is 0. The van der Waals surface area contributed by atoms with Gasteiger partial charge >= 0.3 is 0 Å². The lowest BCUT2D eigenvalue weighted by molar-refractivity contribution is -0.136. The van der Waals surface area contributed by atoms with E-state index in [-0.39, 0.29) is 23.3 Å². The highest BCUT2D eigenvalue weighted by Gasteiger charge is 2.30. The summed E-state index contributed by atoms with van der Waals surface area (Å²) >= 11 is 0. The molecule has 0 bridgehead atoms. The van der Waals surface area contributed by atoms with Crippen LogP contribution in [0.4, 0.5) is 0 Å². The van der Waals surface area contributed by atoms with Crippen LogP contribution in [0.1, 0.15) is 12.8 Å². The second-order valence-corrected chi connectivity index (χ2v) is 6.70. The van der Waals surface area contributed by atoms with Gasteiger partial charge in [-0.05, 0) is 12.3 Å². The highest BCUT2D eigenvalue weighted by molar-refractivity contribution is 7.91. The van der Waals surface area contributed by atoms with Crippen LogP contribution in [0.5, 0.6) is 0 Å². The lowest BCUT2D eigenvalue weighted by Gasteiger charge is -2.27. The average Bonchev–Trinajstić information content (AvgIpc) is 2.59. The van der Waals surface area contributed by atoms with Gasteiger partial charge in [0, 0.05) is 19.5 Å². The molecule has 92 valence electrons. The van der Waals surface area contributed by atoms with Gasteiger partial charge in [-0.25, -0.2) is 8.42 Å². The van der Waals surface area contributed by atoms with Crippen molar-refractivity contribution in [3.63, 3.8) is 0 Å². The molecule has 0 aromatic rings. The van der Waals surface area contributed by atoms with Crippen LogP contribution in [0, 0.1) is 5.92 Å². The van der Waals surface area contributed by atoms with Crippen LogP contribution >= 0.6 is 0 Å². The van der Waals surface area contributed by atoms with Crippen LogP contribution in [0.2, 0.25) is 0 Å². The van der Waals surface area contributed by atoms with E-state index in [0.717, 1.165) is 0 Å². The van der Waals surface area contributed by atoms with Gasteiger partial charge in [0.1, 0.15) is 0 Å². The number of nitrogens with zero attached hydrogens (tertiary/aromatic N) is 1. The monoisotopic (exact) mass is 247 g/mol. The quantitative estimate of drug-likeness (QED) is 0.670. The lowest BCUT2D eigenvalue weighted by Crippen LogP contribution is -2.41. The van der Waals surface area contributed by atoms with Gasteiger partial charge in [-0.3, -0.25) is 4.79 Å². The van der Waals surface area contributed by atoms with Crippen LogP contribution in [0.3, 0.4) is 0 Å². The summed E-state index contributed by atoms with van der Waals surface area (Å²) in [4.78, 5) is 13.6. The lowest BCUT2D eigenvalue weighted by atomic mass is 10.0. The SMILES string of the molecule is O=C(C[C@H]1CCS(=O)(=O)C1)N1CCOCC1. The highest BCUT2D eigenvalue weighted by atomic mass is 32.2. The smallest absolute Gasteiger partial charge is 0.223 e. The van der Waals surface area contributed by atoms with E-state index < -0.39 is 9.84 Å². The zero-order valence-corrected chi connectivity index (χ0v) is 10.0. The summed E-state index contributed by atoms with van der Waals surface area (Å²) < 4.78 is 27.7. The van der Waals surface area contributed by atoms with Crippen molar-refractivity contribution < 1.29 is 17.9 Å². The molecule has 16 heavy (non-hydrogen) atoms. The van der Waals surface area contributed by atoms with Gasteiger partial charge in [-0.1, -0.05) is 0 Å². The number of hydrogen-bond acceptors (Lipinski definition) is 4. The fourth-order valence-electron chi connectivity index (χ4n) is 2.22. The molecule has 0 N–H and O–H groups in total. The zero-order chi connectivity index (χ0) is 11.6. The van der Waals surface area contributed by atoms with Crippen molar-refractivity contribution in [1.29, 1.82) is 0 Å². The van der Waals surface area contributed by atoms with Gasteiger partial charge in [0.15, 0.2) is 9.84 Å². The highest BCUT2D eigenvalue weighted by Crippen LogP contribution is 2.22. The maximum atomic E-state index is 11.8. The molecule has 2 heterocycles. The molecule has 5 nitrogen and oxygen atoms in total. The Kier molecular flexibility index (Phi) is 3.49. The van der Waals surface area contributed by atoms with Gasteiger partial charge < -0.3 is 9.64 Å². The molecule has 0 aromatic carbocycles. The fourth-order valence-corrected chi connectivity index (χ4v) is 4.08. The number of carbonyl (C=O) groups excluding carboxylic acids is 1. The summed E-state index contributed by atoms with van der Waals surface area (Å²) in [5.41, 5.74) is 0. The molecule has 2 aliphatic heterocycles. The van der Waals surface area contributed by atoms with Crippen molar-refractivity contribution in [2.45, 2.75) is 12.8 Å². The third-order valence-corrected chi connectivity index (χ3v) is 4.99. The Morgan fingerprint density at radius 1 is 1.31 bits per heavy atom. The zero-order valence-electron chi connectivity index (χ0n) is 9.22. The van der Waals surface area contributed by atoms with Gasteiger partial charge in [0.25, 0.3) is 0 Å².